The van der Waals surface area contributed by atoms with Gasteiger partial charge in [-0.1, -0.05) is 6.07 Å². The Bertz CT molecular complexity index is 1340. The SMILES string of the molecule is COc1ccc(NC(=O)COC(=O)[C@H]2CC(=O)N(c3ccc(Oc4ccc(C)c(C)c4)cc3)C2)c(OC)c1. The first kappa shape index (κ1) is 26.5. The number of carbonyl (C=O) groups is 3. The van der Waals surface area contributed by atoms with E-state index < -0.39 is 24.4 Å². The summed E-state index contributed by atoms with van der Waals surface area (Å²) in [6.45, 7) is 3.75. The van der Waals surface area contributed by atoms with Crippen LogP contribution >= 0.6 is 0 Å². The molecule has 1 saturated heterocycles. The van der Waals surface area contributed by atoms with Crippen LogP contribution in [-0.4, -0.2) is 45.2 Å². The van der Waals surface area contributed by atoms with E-state index in [1.165, 1.54) is 24.7 Å². The lowest BCUT2D eigenvalue weighted by Crippen LogP contribution is -2.28. The maximum absolute atomic E-state index is 12.6. The van der Waals surface area contributed by atoms with E-state index in [4.69, 9.17) is 18.9 Å². The number of amides is 2. The summed E-state index contributed by atoms with van der Waals surface area (Å²) in [5, 5.41) is 2.64. The molecular weight excluding hydrogens is 488 g/mol. The number of benzene rings is 3. The summed E-state index contributed by atoms with van der Waals surface area (Å²) in [7, 11) is 3.00. The minimum atomic E-state index is -0.669. The van der Waals surface area contributed by atoms with Gasteiger partial charge in [-0.25, -0.2) is 0 Å². The highest BCUT2D eigenvalue weighted by molar-refractivity contribution is 6.00. The van der Waals surface area contributed by atoms with Crippen molar-refractivity contribution in [1.82, 2.24) is 0 Å². The Hall–Kier alpha value is -4.53. The largest absolute Gasteiger partial charge is 0.497 e. The van der Waals surface area contributed by atoms with Crippen LogP contribution in [0.25, 0.3) is 0 Å². The second-order valence-electron chi connectivity index (χ2n) is 8.97. The number of esters is 1. The molecule has 9 heteroatoms. The Labute approximate surface area is 221 Å². The molecule has 4 rings (SSSR count). The zero-order valence-electron chi connectivity index (χ0n) is 21.8. The Balaban J connectivity index is 1.30. The predicted molar refractivity (Wildman–Crippen MR) is 142 cm³/mol. The van der Waals surface area contributed by atoms with Crippen molar-refractivity contribution in [1.29, 1.82) is 0 Å². The molecule has 0 saturated carbocycles. The number of nitrogens with one attached hydrogen (secondary N) is 1. The predicted octanol–water partition coefficient (Wildman–Crippen LogP) is 4.65. The van der Waals surface area contributed by atoms with Crippen molar-refractivity contribution in [2.45, 2.75) is 20.3 Å². The highest BCUT2D eigenvalue weighted by Crippen LogP contribution is 2.31. The molecule has 0 bridgehead atoms. The van der Waals surface area contributed by atoms with Crippen molar-refractivity contribution >= 4 is 29.2 Å². The normalized spacial score (nSPS) is 14.7. The number of hydrogen-bond donors (Lipinski definition) is 1. The molecule has 9 nitrogen and oxygen atoms in total. The number of nitrogens with zero attached hydrogens (tertiary/aromatic N) is 1. The molecule has 1 aliphatic rings. The van der Waals surface area contributed by atoms with Crippen LogP contribution in [0.1, 0.15) is 17.5 Å². The van der Waals surface area contributed by atoms with Crippen LogP contribution in [0.2, 0.25) is 0 Å². The summed E-state index contributed by atoms with van der Waals surface area (Å²) in [6.07, 6.45) is 0.00759. The molecule has 0 radical (unpaired) electrons. The van der Waals surface area contributed by atoms with Gasteiger partial charge in [0.15, 0.2) is 6.61 Å². The molecule has 1 fully saturated rings. The monoisotopic (exact) mass is 518 g/mol. The van der Waals surface area contributed by atoms with E-state index in [-0.39, 0.29) is 18.9 Å². The third kappa shape index (κ3) is 6.23. The van der Waals surface area contributed by atoms with E-state index in [1.807, 2.05) is 32.0 Å². The lowest BCUT2D eigenvalue weighted by molar-refractivity contribution is -0.151. The third-order valence-corrected chi connectivity index (χ3v) is 6.35. The summed E-state index contributed by atoms with van der Waals surface area (Å²) in [5.41, 5.74) is 3.40. The van der Waals surface area contributed by atoms with Gasteiger partial charge in [0.25, 0.3) is 5.91 Å². The van der Waals surface area contributed by atoms with E-state index in [1.54, 1.807) is 42.5 Å². The topological polar surface area (TPSA) is 103 Å². The minimum Gasteiger partial charge on any atom is -0.497 e. The molecular formula is C29H30N2O7. The van der Waals surface area contributed by atoms with Crippen LogP contribution in [0.3, 0.4) is 0 Å². The van der Waals surface area contributed by atoms with Crippen LogP contribution in [0.4, 0.5) is 11.4 Å². The fraction of sp³-hybridized carbons (Fsp3) is 0.276. The van der Waals surface area contributed by atoms with Crippen LogP contribution in [-0.2, 0) is 19.1 Å². The summed E-state index contributed by atoms with van der Waals surface area (Å²) >= 11 is 0. The van der Waals surface area contributed by atoms with E-state index in [0.29, 0.717) is 28.6 Å². The van der Waals surface area contributed by atoms with Crippen molar-refractivity contribution in [2.75, 3.05) is 37.6 Å². The van der Waals surface area contributed by atoms with Crippen molar-refractivity contribution in [2.24, 2.45) is 5.92 Å². The Morgan fingerprint density at radius 2 is 1.61 bits per heavy atom. The maximum Gasteiger partial charge on any atom is 0.311 e. The summed E-state index contributed by atoms with van der Waals surface area (Å²) < 4.78 is 21.5. The lowest BCUT2D eigenvalue weighted by atomic mass is 10.1. The van der Waals surface area contributed by atoms with Gasteiger partial charge in [-0.3, -0.25) is 14.4 Å². The fourth-order valence-corrected chi connectivity index (χ4v) is 4.07. The third-order valence-electron chi connectivity index (χ3n) is 6.35. The zero-order valence-corrected chi connectivity index (χ0v) is 21.8. The standard InChI is InChI=1S/C29H30N2O7/c1-18-5-8-24(13-19(18)2)38-22-9-6-21(7-10-22)31-16-20(14-28(31)33)29(34)37-17-27(32)30-25-12-11-23(35-3)15-26(25)36-4/h5-13,15,20H,14,16-17H2,1-4H3,(H,30,32)/t20-/m0/s1. The molecule has 3 aromatic rings. The number of rotatable bonds is 9. The van der Waals surface area contributed by atoms with E-state index in [2.05, 4.69) is 5.32 Å². The van der Waals surface area contributed by atoms with E-state index in [0.717, 1.165) is 11.3 Å². The maximum atomic E-state index is 12.6. The minimum absolute atomic E-state index is 0.00759. The van der Waals surface area contributed by atoms with Gasteiger partial charge in [0, 0.05) is 24.7 Å². The Morgan fingerprint density at radius 1 is 0.895 bits per heavy atom. The van der Waals surface area contributed by atoms with Gasteiger partial charge in [-0.2, -0.15) is 0 Å². The van der Waals surface area contributed by atoms with Crippen LogP contribution in [0, 0.1) is 19.8 Å². The average molecular weight is 519 g/mol. The van der Waals surface area contributed by atoms with Gasteiger partial charge in [0.1, 0.15) is 23.0 Å². The first-order valence-corrected chi connectivity index (χ1v) is 12.1. The van der Waals surface area contributed by atoms with Crippen LogP contribution in [0.5, 0.6) is 23.0 Å². The molecule has 1 aliphatic heterocycles. The molecule has 0 unspecified atom stereocenters. The van der Waals surface area contributed by atoms with E-state index in [9.17, 15) is 14.4 Å². The van der Waals surface area contributed by atoms with Crippen LogP contribution < -0.4 is 24.4 Å². The van der Waals surface area contributed by atoms with Gasteiger partial charge in [-0.05, 0) is 73.5 Å². The highest BCUT2D eigenvalue weighted by Gasteiger charge is 2.36. The quantitative estimate of drug-likeness (QED) is 0.412. The summed E-state index contributed by atoms with van der Waals surface area (Å²) in [6, 6.07) is 17.9. The van der Waals surface area contributed by atoms with Gasteiger partial charge in [0.05, 0.1) is 25.8 Å². The van der Waals surface area contributed by atoms with Gasteiger partial charge >= 0.3 is 5.97 Å². The molecule has 0 aromatic heterocycles. The van der Waals surface area contributed by atoms with Gasteiger partial charge < -0.3 is 29.2 Å². The van der Waals surface area contributed by atoms with Crippen molar-refractivity contribution in [3.8, 4) is 23.0 Å². The zero-order chi connectivity index (χ0) is 27.2. The number of aryl methyl sites for hydroxylation is 2. The van der Waals surface area contributed by atoms with Crippen molar-refractivity contribution in [3.05, 3.63) is 71.8 Å². The fourth-order valence-electron chi connectivity index (χ4n) is 4.07. The molecule has 1 N–H and O–H groups in total. The molecule has 3 aromatic carbocycles. The summed E-state index contributed by atoms with van der Waals surface area (Å²) in [5.74, 6) is 0.362. The smallest absolute Gasteiger partial charge is 0.311 e. The molecule has 1 heterocycles. The first-order valence-electron chi connectivity index (χ1n) is 12.1. The lowest BCUT2D eigenvalue weighted by Gasteiger charge is -2.17. The van der Waals surface area contributed by atoms with Crippen LogP contribution in [0.15, 0.2) is 60.7 Å². The number of hydrogen-bond acceptors (Lipinski definition) is 7. The van der Waals surface area contributed by atoms with E-state index >= 15 is 0 Å². The number of anilines is 2. The Kier molecular flexibility index (Phi) is 8.15. The molecule has 1 atom stereocenters. The summed E-state index contributed by atoms with van der Waals surface area (Å²) in [4.78, 5) is 39.1. The average Bonchev–Trinajstić information content (AvgIpc) is 3.31. The van der Waals surface area contributed by atoms with Crippen molar-refractivity contribution in [3.63, 3.8) is 0 Å². The number of ether oxygens (including phenoxy) is 4. The molecule has 0 spiro atoms. The second-order valence-corrected chi connectivity index (χ2v) is 8.97. The molecule has 198 valence electrons. The van der Waals surface area contributed by atoms with Gasteiger partial charge in [0.2, 0.25) is 5.91 Å². The second kappa shape index (κ2) is 11.7. The highest BCUT2D eigenvalue weighted by atomic mass is 16.5. The first-order chi connectivity index (χ1) is 18.3. The van der Waals surface area contributed by atoms with Crippen molar-refractivity contribution < 1.29 is 33.3 Å². The Morgan fingerprint density at radius 3 is 2.29 bits per heavy atom. The number of carbonyl (C=O) groups excluding carboxylic acids is 3. The molecule has 38 heavy (non-hydrogen) atoms. The molecule has 0 aliphatic carbocycles. The number of methoxy groups -OCH3 is 2. The van der Waals surface area contributed by atoms with Gasteiger partial charge in [-0.15, -0.1) is 0 Å². The molecule has 2 amide bonds.